The number of nitrogens with zero attached hydrogens (tertiary/aromatic N) is 2. The number of anilines is 1. The number of carbonyl (C=O) groups excluding carboxylic acids is 2. The Bertz CT molecular complexity index is 1400. The average Bonchev–Trinajstić information content (AvgIpc) is 2.94. The number of sulfonamides is 1. The molecule has 0 heterocycles. The lowest BCUT2D eigenvalue weighted by Crippen LogP contribution is -2.39. The maximum absolute atomic E-state index is 12.5. The first kappa shape index (κ1) is 29.0. The van der Waals surface area contributed by atoms with Crippen LogP contribution in [0.15, 0.2) is 77.9 Å². The van der Waals surface area contributed by atoms with E-state index in [1.807, 2.05) is 30.3 Å². The first-order valence-corrected chi connectivity index (χ1v) is 13.6. The van der Waals surface area contributed by atoms with Crippen molar-refractivity contribution in [3.05, 3.63) is 83.9 Å². The molecule has 12 heteroatoms. The van der Waals surface area contributed by atoms with E-state index >= 15 is 0 Å². The van der Waals surface area contributed by atoms with Gasteiger partial charge in [0.05, 0.1) is 32.4 Å². The number of rotatable bonds is 13. The van der Waals surface area contributed by atoms with E-state index < -0.39 is 22.5 Å². The number of methoxy groups -OCH3 is 2. The summed E-state index contributed by atoms with van der Waals surface area (Å²) in [6.07, 6.45) is 2.39. The van der Waals surface area contributed by atoms with Crippen LogP contribution in [0.4, 0.5) is 5.69 Å². The lowest BCUT2D eigenvalue weighted by atomic mass is 10.2. The van der Waals surface area contributed by atoms with Crippen molar-refractivity contribution in [1.82, 2.24) is 10.7 Å². The highest BCUT2D eigenvalue weighted by Gasteiger charge is 2.24. The predicted molar refractivity (Wildman–Crippen MR) is 148 cm³/mol. The zero-order valence-corrected chi connectivity index (χ0v) is 22.6. The molecule has 0 saturated heterocycles. The molecule has 3 aromatic carbocycles. The van der Waals surface area contributed by atoms with Gasteiger partial charge in [0.2, 0.25) is 10.0 Å². The summed E-state index contributed by atoms with van der Waals surface area (Å²) in [6, 6.07) is 20.8. The first-order valence-electron chi connectivity index (χ1n) is 11.7. The molecule has 0 spiro atoms. The summed E-state index contributed by atoms with van der Waals surface area (Å²) >= 11 is 0. The third kappa shape index (κ3) is 9.04. The van der Waals surface area contributed by atoms with Crippen LogP contribution < -0.4 is 29.3 Å². The summed E-state index contributed by atoms with van der Waals surface area (Å²) in [5.41, 5.74) is 4.14. The van der Waals surface area contributed by atoms with Gasteiger partial charge in [-0.25, -0.2) is 13.8 Å². The minimum absolute atomic E-state index is 0.133. The summed E-state index contributed by atoms with van der Waals surface area (Å²) in [5.74, 6) is 0.287. The summed E-state index contributed by atoms with van der Waals surface area (Å²) in [4.78, 5) is 24.5. The Kier molecular flexibility index (Phi) is 10.3. The molecule has 39 heavy (non-hydrogen) atoms. The molecular weight excluding hydrogens is 524 g/mol. The van der Waals surface area contributed by atoms with E-state index in [1.54, 1.807) is 30.3 Å². The number of ether oxygens (including phenoxy) is 3. The predicted octanol–water partition coefficient (Wildman–Crippen LogP) is 2.32. The minimum Gasteiger partial charge on any atom is -0.497 e. The molecule has 0 radical (unpaired) electrons. The molecule has 0 aliphatic rings. The molecule has 2 N–H and O–H groups in total. The number of hydrogen-bond acceptors (Lipinski definition) is 8. The number of amides is 2. The molecule has 0 bridgehead atoms. The maximum Gasteiger partial charge on any atom is 0.260 e. The Morgan fingerprint density at radius 2 is 1.62 bits per heavy atom. The Balaban J connectivity index is 1.51. The van der Waals surface area contributed by atoms with Crippen molar-refractivity contribution in [2.45, 2.75) is 6.54 Å². The molecular formula is C27H30N4O7S. The van der Waals surface area contributed by atoms with Crippen molar-refractivity contribution in [2.75, 3.05) is 37.9 Å². The van der Waals surface area contributed by atoms with E-state index in [1.165, 1.54) is 32.6 Å². The number of carbonyl (C=O) groups is 2. The SMILES string of the molecule is COc1ccc(N(CC(=O)N/N=C\c2ccc(OCC(=O)NCc3ccccc3)cc2)S(C)(=O)=O)c(OC)c1. The normalized spacial score (nSPS) is 11.1. The third-order valence-corrected chi connectivity index (χ3v) is 6.45. The van der Waals surface area contributed by atoms with Gasteiger partial charge in [0.25, 0.3) is 11.8 Å². The van der Waals surface area contributed by atoms with E-state index in [-0.39, 0.29) is 24.0 Å². The second-order valence-electron chi connectivity index (χ2n) is 8.22. The molecule has 3 rings (SSSR count). The van der Waals surface area contributed by atoms with E-state index in [0.29, 0.717) is 23.6 Å². The summed E-state index contributed by atoms with van der Waals surface area (Å²) in [6.45, 7) is -0.232. The van der Waals surface area contributed by atoms with Gasteiger partial charge < -0.3 is 19.5 Å². The molecule has 11 nitrogen and oxygen atoms in total. The van der Waals surface area contributed by atoms with Crippen LogP contribution in [-0.2, 0) is 26.2 Å². The second-order valence-corrected chi connectivity index (χ2v) is 10.1. The molecule has 0 saturated carbocycles. The number of hydrogen-bond donors (Lipinski definition) is 2. The summed E-state index contributed by atoms with van der Waals surface area (Å²) in [5, 5.41) is 6.68. The van der Waals surface area contributed by atoms with Crippen LogP contribution in [0.2, 0.25) is 0 Å². The third-order valence-electron chi connectivity index (χ3n) is 5.33. The zero-order valence-electron chi connectivity index (χ0n) is 21.8. The van der Waals surface area contributed by atoms with Crippen LogP contribution in [0.5, 0.6) is 17.2 Å². The number of hydrazone groups is 1. The Hall–Kier alpha value is -4.58. The van der Waals surface area contributed by atoms with Gasteiger partial charge in [0, 0.05) is 12.6 Å². The molecule has 2 amide bonds. The Morgan fingerprint density at radius 3 is 2.26 bits per heavy atom. The van der Waals surface area contributed by atoms with Crippen LogP contribution in [-0.4, -0.2) is 60.1 Å². The van der Waals surface area contributed by atoms with E-state index in [2.05, 4.69) is 15.8 Å². The smallest absolute Gasteiger partial charge is 0.260 e. The first-order chi connectivity index (χ1) is 18.7. The van der Waals surface area contributed by atoms with Gasteiger partial charge in [-0.15, -0.1) is 0 Å². The fourth-order valence-electron chi connectivity index (χ4n) is 3.36. The lowest BCUT2D eigenvalue weighted by Gasteiger charge is -2.23. The molecule has 0 unspecified atom stereocenters. The van der Waals surface area contributed by atoms with Gasteiger partial charge >= 0.3 is 0 Å². The quantitative estimate of drug-likeness (QED) is 0.245. The van der Waals surface area contributed by atoms with Gasteiger partial charge in [-0.1, -0.05) is 30.3 Å². The summed E-state index contributed by atoms with van der Waals surface area (Å²) in [7, 11) is -0.957. The van der Waals surface area contributed by atoms with Crippen molar-refractivity contribution >= 4 is 33.7 Å². The summed E-state index contributed by atoms with van der Waals surface area (Å²) < 4.78 is 41.6. The average molecular weight is 555 g/mol. The van der Waals surface area contributed by atoms with E-state index in [9.17, 15) is 18.0 Å². The molecule has 206 valence electrons. The number of benzene rings is 3. The monoisotopic (exact) mass is 554 g/mol. The van der Waals surface area contributed by atoms with Crippen LogP contribution in [0.25, 0.3) is 0 Å². The van der Waals surface area contributed by atoms with Gasteiger partial charge in [-0.3, -0.25) is 13.9 Å². The van der Waals surface area contributed by atoms with Crippen LogP contribution >= 0.6 is 0 Å². The fraction of sp³-hybridized carbons (Fsp3) is 0.222. The topological polar surface area (TPSA) is 136 Å². The molecule has 0 aliphatic heterocycles. The Morgan fingerprint density at radius 1 is 0.923 bits per heavy atom. The Labute approximate surface area is 227 Å². The van der Waals surface area contributed by atoms with Crippen molar-refractivity contribution in [3.8, 4) is 17.2 Å². The molecule has 3 aromatic rings. The van der Waals surface area contributed by atoms with Gasteiger partial charge in [-0.2, -0.15) is 5.10 Å². The lowest BCUT2D eigenvalue weighted by molar-refractivity contribution is -0.123. The highest BCUT2D eigenvalue weighted by atomic mass is 32.2. The molecule has 0 aromatic heterocycles. The molecule has 0 aliphatic carbocycles. The van der Waals surface area contributed by atoms with E-state index in [4.69, 9.17) is 14.2 Å². The van der Waals surface area contributed by atoms with Crippen LogP contribution in [0.3, 0.4) is 0 Å². The second kappa shape index (κ2) is 13.8. The van der Waals surface area contributed by atoms with Crippen LogP contribution in [0, 0.1) is 0 Å². The fourth-order valence-corrected chi connectivity index (χ4v) is 4.22. The van der Waals surface area contributed by atoms with Crippen LogP contribution in [0.1, 0.15) is 11.1 Å². The largest absolute Gasteiger partial charge is 0.497 e. The standard InChI is InChI=1S/C27H30N4O7S/c1-36-23-13-14-24(25(15-23)37-2)31(39(3,34)35)18-26(32)30-29-17-21-9-11-22(12-10-21)38-19-27(33)28-16-20-7-5-4-6-8-20/h4-15,17H,16,18-19H2,1-3H3,(H,28,33)(H,30,32)/b29-17-. The number of nitrogens with one attached hydrogen (secondary N) is 2. The highest BCUT2D eigenvalue weighted by molar-refractivity contribution is 7.92. The highest BCUT2D eigenvalue weighted by Crippen LogP contribution is 2.33. The minimum atomic E-state index is -3.82. The van der Waals surface area contributed by atoms with Crippen molar-refractivity contribution < 1.29 is 32.2 Å². The van der Waals surface area contributed by atoms with Crippen molar-refractivity contribution in [3.63, 3.8) is 0 Å². The molecule has 0 atom stereocenters. The van der Waals surface area contributed by atoms with Crippen molar-refractivity contribution in [2.24, 2.45) is 5.10 Å². The molecule has 0 fully saturated rings. The van der Waals surface area contributed by atoms with Gasteiger partial charge in [-0.05, 0) is 47.5 Å². The zero-order chi connectivity index (χ0) is 28.3. The van der Waals surface area contributed by atoms with Crippen molar-refractivity contribution in [1.29, 1.82) is 0 Å². The van der Waals surface area contributed by atoms with Gasteiger partial charge in [0.1, 0.15) is 23.8 Å². The van der Waals surface area contributed by atoms with E-state index in [0.717, 1.165) is 16.1 Å². The van der Waals surface area contributed by atoms with Gasteiger partial charge in [0.15, 0.2) is 6.61 Å². The maximum atomic E-state index is 12.5.